The van der Waals surface area contributed by atoms with Crippen LogP contribution in [0.25, 0.3) is 0 Å². The van der Waals surface area contributed by atoms with E-state index in [4.69, 9.17) is 30.5 Å². The first-order valence-corrected chi connectivity index (χ1v) is 11.2. The van der Waals surface area contributed by atoms with Crippen LogP contribution in [0.4, 0.5) is 5.69 Å². The zero-order valence-electron chi connectivity index (χ0n) is 20.3. The average molecular weight is 512 g/mol. The molecule has 0 heterocycles. The van der Waals surface area contributed by atoms with Crippen LogP contribution in [0, 0.1) is 0 Å². The van der Waals surface area contributed by atoms with Crippen LogP contribution in [0.2, 0.25) is 5.02 Å². The fraction of sp³-hybridized carbons (Fsp3) is 0.192. The van der Waals surface area contributed by atoms with Crippen molar-refractivity contribution in [1.29, 1.82) is 0 Å². The number of carbonyl (C=O) groups is 2. The zero-order chi connectivity index (χ0) is 26.1. The van der Waals surface area contributed by atoms with Gasteiger partial charge in [0.1, 0.15) is 18.1 Å². The lowest BCUT2D eigenvalue weighted by molar-refractivity contribution is -0.136. The molecule has 0 atom stereocenters. The lowest BCUT2D eigenvalue weighted by Gasteiger charge is -2.13. The van der Waals surface area contributed by atoms with E-state index in [0.717, 1.165) is 5.56 Å². The summed E-state index contributed by atoms with van der Waals surface area (Å²) >= 11 is 6.19. The van der Waals surface area contributed by atoms with Crippen molar-refractivity contribution in [2.75, 3.05) is 26.6 Å². The molecule has 3 aromatic rings. The molecule has 0 bridgehead atoms. The number of amides is 2. The Bertz CT molecular complexity index is 1280. The molecular formula is C26H26ClN3O6. The number of hydrogen-bond acceptors (Lipinski definition) is 7. The number of carbonyl (C=O) groups excluding carboxylic acids is 2. The molecule has 0 unspecified atom stereocenters. The Morgan fingerprint density at radius 1 is 0.861 bits per heavy atom. The molecule has 3 aromatic carbocycles. The van der Waals surface area contributed by atoms with Gasteiger partial charge < -0.3 is 24.3 Å². The molecule has 9 nitrogen and oxygen atoms in total. The van der Waals surface area contributed by atoms with Crippen molar-refractivity contribution >= 4 is 34.8 Å². The van der Waals surface area contributed by atoms with Gasteiger partial charge in [0.25, 0.3) is 0 Å². The molecule has 0 saturated carbocycles. The summed E-state index contributed by atoms with van der Waals surface area (Å²) in [6, 6.07) is 17.4. The number of ether oxygens (including phenoxy) is 4. The molecule has 0 aliphatic rings. The Balaban J connectivity index is 1.65. The predicted octanol–water partition coefficient (Wildman–Crippen LogP) is 4.42. The number of hydrogen-bond donors (Lipinski definition) is 2. The molecular weight excluding hydrogens is 486 g/mol. The minimum atomic E-state index is -0.953. The second-order valence-electron chi connectivity index (χ2n) is 7.40. The van der Waals surface area contributed by atoms with Crippen LogP contribution in [0.15, 0.2) is 65.8 Å². The number of nitrogens with one attached hydrogen (secondary N) is 2. The Labute approximate surface area is 214 Å². The SMILES string of the molecule is COc1ccc(OC)c(NC(=O)C(=O)N/N=C(\C)c2ccc(OCc3ccccc3Cl)c(OC)c2)c1. The summed E-state index contributed by atoms with van der Waals surface area (Å²) in [6.07, 6.45) is 0. The van der Waals surface area contributed by atoms with Crippen molar-refractivity contribution < 1.29 is 28.5 Å². The van der Waals surface area contributed by atoms with Crippen molar-refractivity contribution in [2.45, 2.75) is 13.5 Å². The van der Waals surface area contributed by atoms with Gasteiger partial charge in [-0.2, -0.15) is 5.10 Å². The number of benzene rings is 3. The van der Waals surface area contributed by atoms with Gasteiger partial charge in [-0.1, -0.05) is 29.8 Å². The van der Waals surface area contributed by atoms with Crippen molar-refractivity contribution in [3.05, 3.63) is 76.8 Å². The fourth-order valence-electron chi connectivity index (χ4n) is 3.12. The number of anilines is 1. The zero-order valence-corrected chi connectivity index (χ0v) is 21.0. The quantitative estimate of drug-likeness (QED) is 0.250. The summed E-state index contributed by atoms with van der Waals surface area (Å²) in [5.41, 5.74) is 4.49. The first-order chi connectivity index (χ1) is 17.4. The summed E-state index contributed by atoms with van der Waals surface area (Å²) in [5, 5.41) is 7.13. The van der Waals surface area contributed by atoms with E-state index in [-0.39, 0.29) is 12.3 Å². The first kappa shape index (κ1) is 26.4. The Morgan fingerprint density at radius 2 is 1.58 bits per heavy atom. The first-order valence-electron chi connectivity index (χ1n) is 10.8. The van der Waals surface area contributed by atoms with Gasteiger partial charge >= 0.3 is 11.8 Å². The minimum absolute atomic E-state index is 0.270. The highest BCUT2D eigenvalue weighted by atomic mass is 35.5. The van der Waals surface area contributed by atoms with Gasteiger partial charge in [0.15, 0.2) is 11.5 Å². The fourth-order valence-corrected chi connectivity index (χ4v) is 3.31. The van der Waals surface area contributed by atoms with Gasteiger partial charge in [-0.25, -0.2) is 5.43 Å². The summed E-state index contributed by atoms with van der Waals surface area (Å²) in [5.74, 6) is -0.00742. The number of methoxy groups -OCH3 is 3. The van der Waals surface area contributed by atoms with Gasteiger partial charge in [0, 0.05) is 22.2 Å². The summed E-state index contributed by atoms with van der Waals surface area (Å²) < 4.78 is 21.6. The monoisotopic (exact) mass is 511 g/mol. The van der Waals surface area contributed by atoms with Crippen LogP contribution in [0.1, 0.15) is 18.1 Å². The summed E-state index contributed by atoms with van der Waals surface area (Å²) in [6.45, 7) is 1.95. The Kier molecular flexibility index (Phi) is 9.13. The predicted molar refractivity (Wildman–Crippen MR) is 137 cm³/mol. The van der Waals surface area contributed by atoms with E-state index in [0.29, 0.717) is 39.3 Å². The Hall–Kier alpha value is -4.24. The van der Waals surface area contributed by atoms with Gasteiger partial charge in [-0.15, -0.1) is 0 Å². The van der Waals surface area contributed by atoms with Crippen LogP contribution >= 0.6 is 11.6 Å². The maximum atomic E-state index is 12.4. The van der Waals surface area contributed by atoms with E-state index >= 15 is 0 Å². The van der Waals surface area contributed by atoms with Crippen molar-refractivity contribution in [1.82, 2.24) is 5.43 Å². The molecule has 3 rings (SSSR count). The van der Waals surface area contributed by atoms with Crippen molar-refractivity contribution in [3.63, 3.8) is 0 Å². The lowest BCUT2D eigenvalue weighted by Crippen LogP contribution is -2.33. The Morgan fingerprint density at radius 3 is 2.28 bits per heavy atom. The highest BCUT2D eigenvalue weighted by molar-refractivity contribution is 6.39. The molecule has 0 aliphatic carbocycles. The number of nitrogens with zero attached hydrogens (tertiary/aromatic N) is 1. The highest BCUT2D eigenvalue weighted by Crippen LogP contribution is 2.30. The third-order valence-corrected chi connectivity index (χ3v) is 5.48. The van der Waals surface area contributed by atoms with E-state index in [1.54, 1.807) is 49.4 Å². The van der Waals surface area contributed by atoms with E-state index in [1.807, 2.05) is 18.2 Å². The summed E-state index contributed by atoms with van der Waals surface area (Å²) in [7, 11) is 4.46. The average Bonchev–Trinajstić information content (AvgIpc) is 2.90. The van der Waals surface area contributed by atoms with E-state index in [9.17, 15) is 9.59 Å². The third-order valence-electron chi connectivity index (χ3n) is 5.11. The van der Waals surface area contributed by atoms with Crippen LogP contribution in [0.3, 0.4) is 0 Å². The largest absolute Gasteiger partial charge is 0.497 e. The maximum absolute atomic E-state index is 12.4. The minimum Gasteiger partial charge on any atom is -0.497 e. The van der Waals surface area contributed by atoms with Crippen LogP contribution < -0.4 is 29.7 Å². The molecule has 0 aliphatic heterocycles. The molecule has 10 heteroatoms. The van der Waals surface area contributed by atoms with E-state index in [2.05, 4.69) is 15.8 Å². The van der Waals surface area contributed by atoms with Crippen LogP contribution in [-0.4, -0.2) is 38.9 Å². The van der Waals surface area contributed by atoms with Gasteiger partial charge in [-0.3, -0.25) is 9.59 Å². The van der Waals surface area contributed by atoms with Crippen LogP contribution in [0.5, 0.6) is 23.0 Å². The molecule has 2 amide bonds. The third kappa shape index (κ3) is 6.67. The van der Waals surface area contributed by atoms with Crippen LogP contribution in [-0.2, 0) is 16.2 Å². The highest BCUT2D eigenvalue weighted by Gasteiger charge is 2.17. The number of rotatable bonds is 9. The molecule has 0 aromatic heterocycles. The molecule has 188 valence electrons. The second kappa shape index (κ2) is 12.5. The molecule has 0 radical (unpaired) electrons. The van der Waals surface area contributed by atoms with Gasteiger partial charge in [-0.05, 0) is 43.3 Å². The number of halogens is 1. The van der Waals surface area contributed by atoms with E-state index in [1.165, 1.54) is 21.3 Å². The maximum Gasteiger partial charge on any atom is 0.329 e. The summed E-state index contributed by atoms with van der Waals surface area (Å²) in [4.78, 5) is 24.7. The topological polar surface area (TPSA) is 107 Å². The molecule has 0 fully saturated rings. The lowest BCUT2D eigenvalue weighted by atomic mass is 10.1. The van der Waals surface area contributed by atoms with Gasteiger partial charge in [0.2, 0.25) is 0 Å². The molecule has 0 saturated heterocycles. The number of hydrazone groups is 1. The molecule has 36 heavy (non-hydrogen) atoms. The molecule has 2 N–H and O–H groups in total. The van der Waals surface area contributed by atoms with Gasteiger partial charge in [0.05, 0.1) is 32.7 Å². The smallest absolute Gasteiger partial charge is 0.329 e. The standard InChI is InChI=1S/C26H26ClN3O6/c1-16(29-30-26(32)25(31)28-21-14-19(33-2)10-12-22(21)34-3)17-9-11-23(24(13-17)35-4)36-15-18-7-5-6-8-20(18)27/h5-14H,15H2,1-4H3,(H,28,31)(H,30,32)/b29-16+. The second-order valence-corrected chi connectivity index (χ2v) is 7.81. The molecule has 0 spiro atoms. The normalized spacial score (nSPS) is 10.9. The van der Waals surface area contributed by atoms with Crippen molar-refractivity contribution in [3.8, 4) is 23.0 Å². The van der Waals surface area contributed by atoms with Crippen molar-refractivity contribution in [2.24, 2.45) is 5.10 Å². The van der Waals surface area contributed by atoms with E-state index < -0.39 is 11.8 Å².